The van der Waals surface area contributed by atoms with Gasteiger partial charge in [-0.15, -0.1) is 0 Å². The van der Waals surface area contributed by atoms with Gasteiger partial charge in [0.15, 0.2) is 0 Å². The van der Waals surface area contributed by atoms with Crippen LogP contribution in [-0.4, -0.2) is 55.0 Å². The van der Waals surface area contributed by atoms with E-state index >= 15 is 0 Å². The molecule has 1 saturated heterocycles. The molecule has 1 aliphatic heterocycles. The summed E-state index contributed by atoms with van der Waals surface area (Å²) in [5.41, 5.74) is 4.48. The molecule has 2 unspecified atom stereocenters. The van der Waals surface area contributed by atoms with Gasteiger partial charge in [0.25, 0.3) is 0 Å². The highest BCUT2D eigenvalue weighted by atomic mass is 16.5. The van der Waals surface area contributed by atoms with E-state index in [1.165, 1.54) is 0 Å². The predicted molar refractivity (Wildman–Crippen MR) is 125 cm³/mol. The Labute approximate surface area is 198 Å². The third-order valence-electron chi connectivity index (χ3n) is 6.38. The summed E-state index contributed by atoms with van der Waals surface area (Å²) in [4.78, 5) is 37.0. The Morgan fingerprint density at radius 2 is 1.65 bits per heavy atom. The molecule has 0 saturated carbocycles. The number of alkyl carbamates (subject to hydrolysis) is 1. The van der Waals surface area contributed by atoms with Gasteiger partial charge in [-0.3, -0.25) is 9.59 Å². The Hall–Kier alpha value is -3.39. The third-order valence-corrected chi connectivity index (χ3v) is 6.38. The minimum absolute atomic E-state index is 0.0505. The first-order chi connectivity index (χ1) is 16.3. The van der Waals surface area contributed by atoms with Crippen molar-refractivity contribution in [1.29, 1.82) is 0 Å². The Morgan fingerprint density at radius 3 is 2.24 bits per heavy atom. The van der Waals surface area contributed by atoms with E-state index in [0.29, 0.717) is 6.42 Å². The predicted octanol–water partition coefficient (Wildman–Crippen LogP) is 3.16. The van der Waals surface area contributed by atoms with Crippen LogP contribution >= 0.6 is 0 Å². The van der Waals surface area contributed by atoms with Crippen LogP contribution in [0.1, 0.15) is 37.3 Å². The highest BCUT2D eigenvalue weighted by Gasteiger charge is 2.37. The number of carbonyl (C=O) groups excluding carboxylic acids is 2. The van der Waals surface area contributed by atoms with E-state index in [4.69, 9.17) is 9.47 Å². The summed E-state index contributed by atoms with van der Waals surface area (Å²) in [5, 5.41) is 14.7. The first-order valence-electron chi connectivity index (χ1n) is 11.6. The number of carboxylic acid groups (broad SMARTS) is 1. The second-order valence-corrected chi connectivity index (χ2v) is 9.25. The molecule has 2 amide bonds. The molecule has 0 bridgehead atoms. The van der Waals surface area contributed by atoms with E-state index in [2.05, 4.69) is 22.8 Å². The van der Waals surface area contributed by atoms with Gasteiger partial charge in [0.1, 0.15) is 18.6 Å². The summed E-state index contributed by atoms with van der Waals surface area (Å²) in [7, 11) is 0. The third kappa shape index (κ3) is 5.07. The van der Waals surface area contributed by atoms with Crippen molar-refractivity contribution in [2.24, 2.45) is 11.8 Å². The van der Waals surface area contributed by atoms with Crippen molar-refractivity contribution in [3.05, 3.63) is 59.7 Å². The Balaban J connectivity index is 1.40. The fourth-order valence-corrected chi connectivity index (χ4v) is 4.71. The highest BCUT2D eigenvalue weighted by molar-refractivity contribution is 5.86. The maximum Gasteiger partial charge on any atom is 0.407 e. The molecule has 8 nitrogen and oxygen atoms in total. The molecule has 2 aliphatic rings. The zero-order chi connectivity index (χ0) is 24.2. The van der Waals surface area contributed by atoms with E-state index < -0.39 is 36.0 Å². The Morgan fingerprint density at radius 1 is 1.03 bits per heavy atom. The fraction of sp³-hybridized carbons (Fsp3) is 0.423. The van der Waals surface area contributed by atoms with Crippen molar-refractivity contribution in [2.75, 3.05) is 19.8 Å². The minimum atomic E-state index is -1.02. The summed E-state index contributed by atoms with van der Waals surface area (Å²) in [6, 6.07) is 14.7. The molecule has 0 radical (unpaired) electrons. The zero-order valence-corrected chi connectivity index (χ0v) is 19.3. The molecular formula is C26H30N2O6. The van der Waals surface area contributed by atoms with E-state index in [0.717, 1.165) is 22.3 Å². The number of carboxylic acids is 1. The maximum atomic E-state index is 12.9. The standard InChI is InChI=1S/C26H30N2O6/c1-15(2)11-22(24(29)27-23-14-33-12-21(23)25(30)31)28-26(32)34-13-20-18-9-5-3-7-16(18)17-8-4-6-10-19(17)20/h3-10,15,20-23H,11-14H2,1-2H3,(H,27,29)(H,28,32)(H,30,31)/t21?,22-,23?/m0/s1. The summed E-state index contributed by atoms with van der Waals surface area (Å²) >= 11 is 0. The largest absolute Gasteiger partial charge is 0.481 e. The van der Waals surface area contributed by atoms with Crippen LogP contribution in [0.15, 0.2) is 48.5 Å². The monoisotopic (exact) mass is 466 g/mol. The average molecular weight is 467 g/mol. The number of carbonyl (C=O) groups is 3. The molecule has 4 rings (SSSR count). The SMILES string of the molecule is CC(C)C[C@H](NC(=O)OCC1c2ccccc2-c2ccccc21)C(=O)NC1COCC1C(=O)O. The van der Waals surface area contributed by atoms with Gasteiger partial charge in [-0.25, -0.2) is 4.79 Å². The molecule has 180 valence electrons. The summed E-state index contributed by atoms with van der Waals surface area (Å²) in [6.07, 6.45) is -0.290. The molecule has 34 heavy (non-hydrogen) atoms. The molecule has 1 heterocycles. The van der Waals surface area contributed by atoms with Crippen LogP contribution in [0, 0.1) is 11.8 Å². The smallest absolute Gasteiger partial charge is 0.407 e. The Kier molecular flexibility index (Phi) is 7.17. The van der Waals surface area contributed by atoms with Crippen molar-refractivity contribution >= 4 is 18.0 Å². The zero-order valence-electron chi connectivity index (χ0n) is 19.3. The van der Waals surface area contributed by atoms with Gasteiger partial charge in [-0.05, 0) is 34.6 Å². The van der Waals surface area contributed by atoms with Crippen molar-refractivity contribution in [3.63, 3.8) is 0 Å². The van der Waals surface area contributed by atoms with Crippen LogP contribution in [0.4, 0.5) is 4.79 Å². The van der Waals surface area contributed by atoms with Gasteiger partial charge >= 0.3 is 12.1 Å². The van der Waals surface area contributed by atoms with Crippen LogP contribution in [0.3, 0.4) is 0 Å². The number of fused-ring (bicyclic) bond motifs is 3. The normalized spacial score (nSPS) is 19.9. The van der Waals surface area contributed by atoms with Crippen LogP contribution < -0.4 is 10.6 Å². The van der Waals surface area contributed by atoms with E-state index in [9.17, 15) is 19.5 Å². The number of amides is 2. The number of hydrogen-bond donors (Lipinski definition) is 3. The second kappa shape index (κ2) is 10.3. The summed E-state index contributed by atoms with van der Waals surface area (Å²) < 4.78 is 10.8. The molecule has 0 spiro atoms. The van der Waals surface area contributed by atoms with Crippen molar-refractivity contribution < 1.29 is 29.0 Å². The van der Waals surface area contributed by atoms with E-state index in [-0.39, 0.29) is 31.7 Å². The number of nitrogens with one attached hydrogen (secondary N) is 2. The van der Waals surface area contributed by atoms with Crippen LogP contribution in [0.2, 0.25) is 0 Å². The topological polar surface area (TPSA) is 114 Å². The molecule has 2 aromatic carbocycles. The lowest BCUT2D eigenvalue weighted by atomic mass is 9.98. The lowest BCUT2D eigenvalue weighted by Gasteiger charge is -2.23. The summed E-state index contributed by atoms with van der Waals surface area (Å²) in [5.74, 6) is -2.23. The van der Waals surface area contributed by atoms with E-state index in [1.807, 2.05) is 50.2 Å². The van der Waals surface area contributed by atoms with Gasteiger partial charge in [0.2, 0.25) is 5.91 Å². The quantitative estimate of drug-likeness (QED) is 0.551. The van der Waals surface area contributed by atoms with Crippen molar-refractivity contribution in [2.45, 2.75) is 38.3 Å². The average Bonchev–Trinajstić information content (AvgIpc) is 3.39. The molecule has 1 aliphatic carbocycles. The summed E-state index contributed by atoms with van der Waals surface area (Å²) in [6.45, 7) is 4.21. The second-order valence-electron chi connectivity index (χ2n) is 9.25. The minimum Gasteiger partial charge on any atom is -0.481 e. The van der Waals surface area contributed by atoms with E-state index in [1.54, 1.807) is 0 Å². The maximum absolute atomic E-state index is 12.9. The lowest BCUT2D eigenvalue weighted by molar-refractivity contribution is -0.142. The molecule has 0 aromatic heterocycles. The van der Waals surface area contributed by atoms with Crippen LogP contribution in [0.5, 0.6) is 0 Å². The highest BCUT2D eigenvalue weighted by Crippen LogP contribution is 2.44. The lowest BCUT2D eigenvalue weighted by Crippen LogP contribution is -2.52. The molecular weight excluding hydrogens is 436 g/mol. The Bertz CT molecular complexity index is 1020. The number of hydrogen-bond acceptors (Lipinski definition) is 5. The van der Waals surface area contributed by atoms with Crippen LogP contribution in [0.25, 0.3) is 11.1 Å². The first-order valence-corrected chi connectivity index (χ1v) is 11.6. The molecule has 3 atom stereocenters. The molecule has 8 heteroatoms. The molecule has 1 fully saturated rings. The van der Waals surface area contributed by atoms with Gasteiger partial charge in [-0.1, -0.05) is 62.4 Å². The van der Waals surface area contributed by atoms with Crippen molar-refractivity contribution in [3.8, 4) is 11.1 Å². The number of aliphatic carboxylic acids is 1. The number of ether oxygens (including phenoxy) is 2. The van der Waals surface area contributed by atoms with Gasteiger partial charge in [-0.2, -0.15) is 0 Å². The number of rotatable bonds is 8. The van der Waals surface area contributed by atoms with Crippen molar-refractivity contribution in [1.82, 2.24) is 10.6 Å². The molecule has 3 N–H and O–H groups in total. The van der Waals surface area contributed by atoms with Gasteiger partial charge < -0.3 is 25.2 Å². The van der Waals surface area contributed by atoms with Gasteiger partial charge in [0.05, 0.1) is 19.3 Å². The number of benzene rings is 2. The first kappa shape index (κ1) is 23.8. The van der Waals surface area contributed by atoms with Crippen LogP contribution in [-0.2, 0) is 19.1 Å². The van der Waals surface area contributed by atoms with Gasteiger partial charge in [0, 0.05) is 5.92 Å². The fourth-order valence-electron chi connectivity index (χ4n) is 4.71. The molecule has 2 aromatic rings.